The predicted molar refractivity (Wildman–Crippen MR) is 63.5 cm³/mol. The summed E-state index contributed by atoms with van der Waals surface area (Å²) in [7, 11) is 0. The Morgan fingerprint density at radius 2 is 2.50 bits per heavy atom. The second-order valence-corrected chi connectivity index (χ2v) is 3.29. The third-order valence-electron chi connectivity index (χ3n) is 1.93. The van der Waals surface area contributed by atoms with Crippen molar-refractivity contribution in [3.05, 3.63) is 29.7 Å². The van der Waals surface area contributed by atoms with E-state index in [0.717, 1.165) is 5.39 Å². The highest BCUT2D eigenvalue weighted by Gasteiger charge is 2.02. The van der Waals surface area contributed by atoms with Crippen LogP contribution in [0.25, 0.3) is 10.9 Å². The van der Waals surface area contributed by atoms with Crippen molar-refractivity contribution < 1.29 is 8.85 Å². The molecule has 2 rings (SSSR count). The van der Waals surface area contributed by atoms with Gasteiger partial charge in [-0.25, -0.2) is 9.97 Å². The zero-order chi connectivity index (χ0) is 13.9. The first-order chi connectivity index (χ1) is 8.96. The average Bonchev–Trinajstić information content (AvgIpc) is 2.34. The topological polar surface area (TPSA) is 35.0 Å². The molecule has 0 aliphatic heterocycles. The Hall–Kier alpha value is -1.79. The summed E-state index contributed by atoms with van der Waals surface area (Å²) in [6, 6.07) is 3.50. The van der Waals surface area contributed by atoms with E-state index in [1.807, 2.05) is 0 Å². The van der Waals surface area contributed by atoms with Gasteiger partial charge in [-0.3, -0.25) is 0 Å². The number of aromatic nitrogens is 2. The van der Waals surface area contributed by atoms with Gasteiger partial charge in [0.1, 0.15) is 17.9 Å². The van der Waals surface area contributed by atoms with E-state index in [1.165, 1.54) is 6.20 Å². The van der Waals surface area contributed by atoms with E-state index in [1.54, 1.807) is 18.3 Å². The maximum Gasteiger partial charge on any atom is 0.155 e. The molecule has 16 heavy (non-hydrogen) atoms. The maximum absolute atomic E-state index is 6.92. The fraction of sp³-hybridized carbons (Fsp3) is 0.167. The van der Waals surface area contributed by atoms with Crippen LogP contribution < -0.4 is 4.74 Å². The Balaban J connectivity index is 2.12. The molecule has 0 spiro atoms. The predicted octanol–water partition coefficient (Wildman–Crippen LogP) is 2.69. The summed E-state index contributed by atoms with van der Waals surface area (Å²) in [4.78, 5) is 8.05. The van der Waals surface area contributed by atoms with Gasteiger partial charge in [0.25, 0.3) is 0 Å². The second kappa shape index (κ2) is 4.82. The minimum absolute atomic E-state index is 0.00953. The standard InChI is InChI=1S/C12H9ClN2O/c1-2-3-6-16-10-7-9-4-5-14-12(13)11(9)15-8-10/h4-5,7-8H,6H2,1H3/i1D3. The molecule has 80 valence electrons. The second-order valence-electron chi connectivity index (χ2n) is 2.93. The molecular weight excluding hydrogens is 224 g/mol. The van der Waals surface area contributed by atoms with Gasteiger partial charge >= 0.3 is 0 Å². The summed E-state index contributed by atoms with van der Waals surface area (Å²) in [6.45, 7) is -2.27. The lowest BCUT2D eigenvalue weighted by Crippen LogP contribution is -1.94. The van der Waals surface area contributed by atoms with Crippen LogP contribution in [0.15, 0.2) is 24.5 Å². The Labute approximate surface area is 103 Å². The van der Waals surface area contributed by atoms with Crippen LogP contribution in [0.4, 0.5) is 0 Å². The Kier molecular flexibility index (Phi) is 2.25. The van der Waals surface area contributed by atoms with Crippen LogP contribution in [-0.2, 0) is 0 Å². The van der Waals surface area contributed by atoms with Crippen molar-refractivity contribution in [2.24, 2.45) is 0 Å². The molecule has 0 fully saturated rings. The summed E-state index contributed by atoms with van der Waals surface area (Å²) < 4.78 is 26.0. The molecule has 2 heterocycles. The molecular formula is C12H9ClN2O. The zero-order valence-electron chi connectivity index (χ0n) is 11.2. The fourth-order valence-corrected chi connectivity index (χ4v) is 1.45. The van der Waals surface area contributed by atoms with Crippen molar-refractivity contribution in [1.29, 1.82) is 0 Å². The molecule has 4 heteroatoms. The van der Waals surface area contributed by atoms with Crippen molar-refractivity contribution >= 4 is 22.5 Å². The largest absolute Gasteiger partial charge is 0.479 e. The third kappa shape index (κ3) is 2.23. The number of ether oxygens (including phenoxy) is 1. The summed E-state index contributed by atoms with van der Waals surface area (Å²) >= 11 is 5.89. The van der Waals surface area contributed by atoms with E-state index < -0.39 is 6.85 Å². The fourth-order valence-electron chi connectivity index (χ4n) is 1.24. The number of pyridine rings is 2. The van der Waals surface area contributed by atoms with E-state index in [-0.39, 0.29) is 6.61 Å². The number of hydrogen-bond donors (Lipinski definition) is 0. The van der Waals surface area contributed by atoms with Gasteiger partial charge in [0.05, 0.1) is 6.20 Å². The van der Waals surface area contributed by atoms with E-state index >= 15 is 0 Å². The first-order valence-electron chi connectivity index (χ1n) is 5.99. The molecule has 0 atom stereocenters. The minimum Gasteiger partial charge on any atom is -0.479 e. The molecule has 0 saturated heterocycles. The number of rotatable bonds is 2. The lowest BCUT2D eigenvalue weighted by atomic mass is 10.2. The summed E-state index contributed by atoms with van der Waals surface area (Å²) in [5.74, 6) is 5.04. The Morgan fingerprint density at radius 3 is 3.38 bits per heavy atom. The van der Waals surface area contributed by atoms with Gasteiger partial charge in [0.2, 0.25) is 0 Å². The van der Waals surface area contributed by atoms with Gasteiger partial charge in [-0.2, -0.15) is 0 Å². The molecule has 0 radical (unpaired) electrons. The molecule has 3 nitrogen and oxygen atoms in total. The van der Waals surface area contributed by atoms with Gasteiger partial charge in [-0.15, -0.1) is 5.92 Å². The molecule has 0 aliphatic carbocycles. The summed E-state index contributed by atoms with van der Waals surface area (Å²) in [5, 5.41) is 1.12. The van der Waals surface area contributed by atoms with Gasteiger partial charge in [0.15, 0.2) is 5.15 Å². The SMILES string of the molecule is [2H]C([2H])([2H])C#CCOc1cnc2c(Cl)nccc2c1. The van der Waals surface area contributed by atoms with Crippen molar-refractivity contribution in [3.8, 4) is 17.6 Å². The molecule has 0 bridgehead atoms. The van der Waals surface area contributed by atoms with Crippen LogP contribution in [0.3, 0.4) is 0 Å². The van der Waals surface area contributed by atoms with Crippen molar-refractivity contribution in [3.63, 3.8) is 0 Å². The molecule has 0 N–H and O–H groups in total. The number of halogens is 1. The summed E-state index contributed by atoms with van der Waals surface area (Å²) in [6.07, 6.45) is 3.07. The average molecular weight is 236 g/mol. The molecule has 0 saturated carbocycles. The highest BCUT2D eigenvalue weighted by atomic mass is 35.5. The van der Waals surface area contributed by atoms with Crippen LogP contribution in [0.2, 0.25) is 5.15 Å². The van der Waals surface area contributed by atoms with Crippen LogP contribution >= 0.6 is 11.6 Å². The van der Waals surface area contributed by atoms with Crippen molar-refractivity contribution in [2.45, 2.75) is 6.85 Å². The number of fused-ring (bicyclic) bond motifs is 1. The lowest BCUT2D eigenvalue weighted by molar-refractivity contribution is 0.369. The van der Waals surface area contributed by atoms with E-state index in [4.69, 9.17) is 20.5 Å². The smallest absolute Gasteiger partial charge is 0.155 e. The third-order valence-corrected chi connectivity index (χ3v) is 2.21. The first kappa shape index (κ1) is 7.48. The normalized spacial score (nSPS) is 13.2. The molecule has 0 unspecified atom stereocenters. The first-order valence-corrected chi connectivity index (χ1v) is 4.86. The van der Waals surface area contributed by atoms with Gasteiger partial charge < -0.3 is 4.74 Å². The number of hydrogen-bond acceptors (Lipinski definition) is 3. The van der Waals surface area contributed by atoms with Crippen LogP contribution in [-0.4, -0.2) is 16.6 Å². The van der Waals surface area contributed by atoms with Crippen molar-refractivity contribution in [1.82, 2.24) is 9.97 Å². The van der Waals surface area contributed by atoms with Crippen LogP contribution in [0.1, 0.15) is 11.0 Å². The van der Waals surface area contributed by atoms with Crippen LogP contribution in [0, 0.1) is 11.8 Å². The molecule has 0 aliphatic rings. The lowest BCUT2D eigenvalue weighted by Gasteiger charge is -2.03. The van der Waals surface area contributed by atoms with E-state index in [9.17, 15) is 0 Å². The zero-order valence-corrected chi connectivity index (χ0v) is 8.95. The quantitative estimate of drug-likeness (QED) is 0.593. The molecule has 2 aromatic rings. The van der Waals surface area contributed by atoms with Gasteiger partial charge in [-0.1, -0.05) is 17.5 Å². The number of nitrogens with zero attached hydrogens (tertiary/aromatic N) is 2. The highest BCUT2D eigenvalue weighted by molar-refractivity contribution is 6.33. The van der Waals surface area contributed by atoms with Gasteiger partial charge in [0, 0.05) is 15.7 Å². The van der Waals surface area contributed by atoms with Crippen molar-refractivity contribution in [2.75, 3.05) is 6.61 Å². The summed E-state index contributed by atoms with van der Waals surface area (Å²) in [5.41, 5.74) is 0.588. The molecule has 0 aromatic carbocycles. The van der Waals surface area contributed by atoms with E-state index in [0.29, 0.717) is 16.4 Å². The highest BCUT2D eigenvalue weighted by Crippen LogP contribution is 2.22. The minimum atomic E-state index is -2.26. The Bertz CT molecular complexity index is 661. The van der Waals surface area contributed by atoms with Gasteiger partial charge in [-0.05, 0) is 19.0 Å². The maximum atomic E-state index is 6.92. The Morgan fingerprint density at radius 1 is 1.56 bits per heavy atom. The molecule has 0 amide bonds. The monoisotopic (exact) mass is 235 g/mol. The van der Waals surface area contributed by atoms with Crippen LogP contribution in [0.5, 0.6) is 5.75 Å². The molecule has 2 aromatic heterocycles. The van der Waals surface area contributed by atoms with E-state index in [2.05, 4.69) is 21.8 Å².